The molecule has 5 heteroatoms. The lowest BCUT2D eigenvalue weighted by Crippen LogP contribution is -2.33. The van der Waals surface area contributed by atoms with Crippen molar-refractivity contribution in [3.05, 3.63) is 64.7 Å². The highest BCUT2D eigenvalue weighted by Gasteiger charge is 2.19. The van der Waals surface area contributed by atoms with Gasteiger partial charge in [-0.05, 0) is 61.7 Å². The van der Waals surface area contributed by atoms with Crippen LogP contribution in [-0.2, 0) is 0 Å². The third-order valence-corrected chi connectivity index (χ3v) is 3.80. The average molecular weight is 318 g/mol. The van der Waals surface area contributed by atoms with Crippen LogP contribution in [0.5, 0.6) is 0 Å². The number of carbonyl (C=O) groups is 1. The van der Waals surface area contributed by atoms with Crippen LogP contribution in [0.2, 0.25) is 0 Å². The number of hydrogen-bond donors (Lipinski definition) is 1. The van der Waals surface area contributed by atoms with Crippen LogP contribution in [0.1, 0.15) is 29.7 Å². The van der Waals surface area contributed by atoms with E-state index in [0.717, 1.165) is 23.3 Å². The monoisotopic (exact) mass is 318 g/mol. The molecule has 0 unspecified atom stereocenters. The number of anilines is 1. The third-order valence-electron chi connectivity index (χ3n) is 3.80. The molecule has 0 aliphatic rings. The number of rotatable bonds is 3. The van der Waals surface area contributed by atoms with Gasteiger partial charge in [0.1, 0.15) is 0 Å². The number of benzene rings is 2. The number of hydrogen-bond acceptors (Lipinski definition) is 1. The van der Waals surface area contributed by atoms with Crippen LogP contribution in [-0.4, -0.2) is 18.0 Å². The number of aryl methyl sites for hydroxylation is 2. The summed E-state index contributed by atoms with van der Waals surface area (Å²) in [5.41, 5.74) is 3.34. The molecule has 2 aromatic carbocycles. The Labute approximate surface area is 134 Å². The zero-order valence-electron chi connectivity index (χ0n) is 13.7. The Hall–Kier alpha value is -2.43. The summed E-state index contributed by atoms with van der Waals surface area (Å²) >= 11 is 0. The molecule has 2 aromatic rings. The fraction of sp³-hybridized carbons (Fsp3) is 0.278. The number of nitrogens with zero attached hydrogens (tertiary/aromatic N) is 1. The van der Waals surface area contributed by atoms with Crippen molar-refractivity contribution in [1.82, 2.24) is 4.90 Å². The highest BCUT2D eigenvalue weighted by molar-refractivity contribution is 5.89. The molecule has 23 heavy (non-hydrogen) atoms. The molecule has 2 amide bonds. The summed E-state index contributed by atoms with van der Waals surface area (Å²) in [6.45, 7) is 5.67. The van der Waals surface area contributed by atoms with Crippen molar-refractivity contribution < 1.29 is 13.6 Å². The number of amides is 2. The van der Waals surface area contributed by atoms with Crippen molar-refractivity contribution in [3.63, 3.8) is 0 Å². The maximum atomic E-state index is 13.3. The first-order valence-corrected chi connectivity index (χ1v) is 7.35. The van der Waals surface area contributed by atoms with Gasteiger partial charge in [0.15, 0.2) is 11.6 Å². The summed E-state index contributed by atoms with van der Waals surface area (Å²) in [7, 11) is 1.61. The molecule has 0 aromatic heterocycles. The van der Waals surface area contributed by atoms with Gasteiger partial charge in [0.25, 0.3) is 0 Å². The molecule has 1 atom stereocenters. The Morgan fingerprint density at radius 1 is 1.04 bits per heavy atom. The minimum atomic E-state index is -0.919. The second-order valence-corrected chi connectivity index (χ2v) is 5.77. The standard InChI is InChI=1S/C18H20F2N2O/c1-11-7-12(2)9-15(8-11)21-18(23)22(4)13(3)14-5-6-16(19)17(20)10-14/h5-10,13H,1-4H3,(H,21,23)/t13-/m1/s1. The van der Waals surface area contributed by atoms with Gasteiger partial charge in [0, 0.05) is 12.7 Å². The first-order valence-electron chi connectivity index (χ1n) is 7.35. The summed E-state index contributed by atoms with van der Waals surface area (Å²) < 4.78 is 26.4. The lowest BCUT2D eigenvalue weighted by atomic mass is 10.1. The predicted octanol–water partition coefficient (Wildman–Crippen LogP) is 4.81. The Morgan fingerprint density at radius 3 is 2.22 bits per heavy atom. The van der Waals surface area contributed by atoms with E-state index >= 15 is 0 Å². The maximum Gasteiger partial charge on any atom is 0.322 e. The van der Waals surface area contributed by atoms with Crippen LogP contribution in [0.15, 0.2) is 36.4 Å². The van der Waals surface area contributed by atoms with Crippen LogP contribution >= 0.6 is 0 Å². The highest BCUT2D eigenvalue weighted by atomic mass is 19.2. The predicted molar refractivity (Wildman–Crippen MR) is 87.5 cm³/mol. The highest BCUT2D eigenvalue weighted by Crippen LogP contribution is 2.22. The maximum absolute atomic E-state index is 13.3. The van der Waals surface area contributed by atoms with Crippen molar-refractivity contribution in [2.75, 3.05) is 12.4 Å². The van der Waals surface area contributed by atoms with Gasteiger partial charge in [-0.15, -0.1) is 0 Å². The van der Waals surface area contributed by atoms with E-state index in [1.165, 1.54) is 11.0 Å². The molecule has 0 saturated carbocycles. The molecule has 1 N–H and O–H groups in total. The molecular formula is C18H20F2N2O. The fourth-order valence-corrected chi connectivity index (χ4v) is 2.43. The van der Waals surface area contributed by atoms with Crippen molar-refractivity contribution in [3.8, 4) is 0 Å². The van der Waals surface area contributed by atoms with E-state index < -0.39 is 17.7 Å². The normalized spacial score (nSPS) is 11.9. The summed E-state index contributed by atoms with van der Waals surface area (Å²) in [5, 5.41) is 2.82. The van der Waals surface area contributed by atoms with Crippen LogP contribution < -0.4 is 5.32 Å². The summed E-state index contributed by atoms with van der Waals surface area (Å²) in [4.78, 5) is 13.8. The number of carbonyl (C=O) groups excluding carboxylic acids is 1. The molecule has 0 bridgehead atoms. The van der Waals surface area contributed by atoms with Gasteiger partial charge in [-0.25, -0.2) is 13.6 Å². The fourth-order valence-electron chi connectivity index (χ4n) is 2.43. The van der Waals surface area contributed by atoms with Gasteiger partial charge < -0.3 is 10.2 Å². The smallest absolute Gasteiger partial charge is 0.321 e. The largest absolute Gasteiger partial charge is 0.322 e. The van der Waals surface area contributed by atoms with E-state index in [1.54, 1.807) is 14.0 Å². The lowest BCUT2D eigenvalue weighted by molar-refractivity contribution is 0.208. The minimum absolute atomic E-state index is 0.313. The molecule has 0 radical (unpaired) electrons. The second kappa shape index (κ2) is 6.77. The molecule has 0 heterocycles. The third kappa shape index (κ3) is 4.06. The van der Waals surface area contributed by atoms with Crippen LogP contribution in [0.4, 0.5) is 19.3 Å². The summed E-state index contributed by atoms with van der Waals surface area (Å²) in [5.74, 6) is -1.82. The zero-order chi connectivity index (χ0) is 17.1. The zero-order valence-corrected chi connectivity index (χ0v) is 13.7. The molecular weight excluding hydrogens is 298 g/mol. The topological polar surface area (TPSA) is 32.3 Å². The van der Waals surface area contributed by atoms with E-state index in [1.807, 2.05) is 32.0 Å². The van der Waals surface area contributed by atoms with E-state index in [2.05, 4.69) is 5.32 Å². The van der Waals surface area contributed by atoms with Crippen LogP contribution in [0.3, 0.4) is 0 Å². The molecule has 122 valence electrons. The Bertz CT molecular complexity index is 711. The van der Waals surface area contributed by atoms with Crippen molar-refractivity contribution >= 4 is 11.7 Å². The van der Waals surface area contributed by atoms with E-state index in [-0.39, 0.29) is 6.03 Å². The Morgan fingerprint density at radius 2 is 1.65 bits per heavy atom. The molecule has 0 aliphatic heterocycles. The first kappa shape index (κ1) is 16.9. The lowest BCUT2D eigenvalue weighted by Gasteiger charge is -2.26. The van der Waals surface area contributed by atoms with E-state index in [0.29, 0.717) is 11.3 Å². The van der Waals surface area contributed by atoms with E-state index in [9.17, 15) is 13.6 Å². The number of halogens is 2. The SMILES string of the molecule is Cc1cc(C)cc(NC(=O)N(C)[C@H](C)c2ccc(F)c(F)c2)c1. The average Bonchev–Trinajstić information content (AvgIpc) is 2.47. The quantitative estimate of drug-likeness (QED) is 0.865. The minimum Gasteiger partial charge on any atom is -0.321 e. The molecule has 0 aliphatic carbocycles. The van der Waals surface area contributed by atoms with Gasteiger partial charge in [-0.3, -0.25) is 0 Å². The van der Waals surface area contributed by atoms with Crippen LogP contribution in [0.25, 0.3) is 0 Å². The van der Waals surface area contributed by atoms with Crippen molar-refractivity contribution in [1.29, 1.82) is 0 Å². The molecule has 3 nitrogen and oxygen atoms in total. The number of nitrogens with one attached hydrogen (secondary N) is 1. The Kier molecular flexibility index (Phi) is 4.98. The number of urea groups is 1. The van der Waals surface area contributed by atoms with Crippen molar-refractivity contribution in [2.45, 2.75) is 26.8 Å². The van der Waals surface area contributed by atoms with E-state index in [4.69, 9.17) is 0 Å². The second-order valence-electron chi connectivity index (χ2n) is 5.77. The first-order chi connectivity index (χ1) is 10.8. The molecule has 0 fully saturated rings. The van der Waals surface area contributed by atoms with Crippen molar-refractivity contribution in [2.24, 2.45) is 0 Å². The van der Waals surface area contributed by atoms with Crippen LogP contribution in [0, 0.1) is 25.5 Å². The Balaban J connectivity index is 2.13. The van der Waals surface area contributed by atoms with Gasteiger partial charge in [-0.1, -0.05) is 12.1 Å². The van der Waals surface area contributed by atoms with Gasteiger partial charge >= 0.3 is 6.03 Å². The molecule has 2 rings (SSSR count). The van der Waals surface area contributed by atoms with Gasteiger partial charge in [0.2, 0.25) is 0 Å². The molecule has 0 spiro atoms. The summed E-state index contributed by atoms with van der Waals surface area (Å²) in [6.07, 6.45) is 0. The van der Waals surface area contributed by atoms with Gasteiger partial charge in [-0.2, -0.15) is 0 Å². The van der Waals surface area contributed by atoms with Gasteiger partial charge in [0.05, 0.1) is 6.04 Å². The summed E-state index contributed by atoms with van der Waals surface area (Å²) in [6, 6.07) is 8.72. The molecule has 0 saturated heterocycles.